The maximum absolute atomic E-state index is 14.0. The van der Waals surface area contributed by atoms with E-state index in [1.54, 1.807) is 12.4 Å². The fourth-order valence-electron chi connectivity index (χ4n) is 5.44. The van der Waals surface area contributed by atoms with Gasteiger partial charge < -0.3 is 16.4 Å². The zero-order chi connectivity index (χ0) is 23.7. The molecule has 0 saturated heterocycles. The monoisotopic (exact) mass is 451 g/mol. The molecule has 6 nitrogen and oxygen atoms in total. The number of carbonyl (C=O) groups excluding carboxylic acids is 1. The van der Waals surface area contributed by atoms with Gasteiger partial charge in [-0.05, 0) is 69.0 Å². The fraction of sp³-hybridized carbons (Fsp3) is 0.462. The first kappa shape index (κ1) is 23.4. The van der Waals surface area contributed by atoms with E-state index in [9.17, 15) is 9.18 Å². The van der Waals surface area contributed by atoms with E-state index in [2.05, 4.69) is 42.8 Å². The SMILES string of the molecule is CC(C)(C)NC1(C2(NCC(N)=O)N=CNc3ccc(-c4cccc(F)c4)cc32)CCCCC1. The summed E-state index contributed by atoms with van der Waals surface area (Å²) in [4.78, 5) is 16.9. The molecule has 0 aromatic heterocycles. The molecule has 176 valence electrons. The van der Waals surface area contributed by atoms with Crippen LogP contribution in [0.3, 0.4) is 0 Å². The number of aliphatic imine (C=N–C) groups is 1. The van der Waals surface area contributed by atoms with Gasteiger partial charge in [-0.15, -0.1) is 0 Å². The highest BCUT2D eigenvalue weighted by Gasteiger charge is 2.55. The molecule has 7 heteroatoms. The number of fused-ring (bicyclic) bond motifs is 1. The molecule has 0 spiro atoms. The van der Waals surface area contributed by atoms with Crippen molar-refractivity contribution < 1.29 is 9.18 Å². The van der Waals surface area contributed by atoms with Crippen molar-refractivity contribution in [2.24, 2.45) is 10.7 Å². The van der Waals surface area contributed by atoms with Gasteiger partial charge in [0.25, 0.3) is 0 Å². The zero-order valence-electron chi connectivity index (χ0n) is 19.7. The molecule has 0 radical (unpaired) electrons. The number of rotatable bonds is 6. The maximum atomic E-state index is 14.0. The number of hydrogen-bond acceptors (Lipinski definition) is 5. The first-order valence-corrected chi connectivity index (χ1v) is 11.7. The molecule has 1 saturated carbocycles. The third-order valence-corrected chi connectivity index (χ3v) is 6.58. The number of anilines is 1. The Morgan fingerprint density at radius 3 is 2.52 bits per heavy atom. The average Bonchev–Trinajstić information content (AvgIpc) is 2.76. The van der Waals surface area contributed by atoms with Crippen LogP contribution in [0.1, 0.15) is 58.4 Å². The summed E-state index contributed by atoms with van der Waals surface area (Å²) in [5, 5.41) is 10.6. The van der Waals surface area contributed by atoms with E-state index >= 15 is 0 Å². The summed E-state index contributed by atoms with van der Waals surface area (Å²) in [7, 11) is 0. The van der Waals surface area contributed by atoms with Crippen molar-refractivity contribution in [3.8, 4) is 11.1 Å². The maximum Gasteiger partial charge on any atom is 0.231 e. The number of benzene rings is 2. The lowest BCUT2D eigenvalue weighted by atomic mass is 9.67. The van der Waals surface area contributed by atoms with Crippen LogP contribution in [-0.4, -0.2) is 29.9 Å². The summed E-state index contributed by atoms with van der Waals surface area (Å²) in [5.41, 5.74) is 7.57. The third kappa shape index (κ3) is 4.66. The topological polar surface area (TPSA) is 91.5 Å². The van der Waals surface area contributed by atoms with Crippen molar-refractivity contribution in [2.45, 2.75) is 69.6 Å². The van der Waals surface area contributed by atoms with Gasteiger partial charge in [-0.2, -0.15) is 0 Å². The zero-order valence-corrected chi connectivity index (χ0v) is 19.7. The Morgan fingerprint density at radius 2 is 1.85 bits per heavy atom. The Hall–Kier alpha value is -2.77. The van der Waals surface area contributed by atoms with Crippen LogP contribution in [0, 0.1) is 5.82 Å². The van der Waals surface area contributed by atoms with Crippen LogP contribution in [0.5, 0.6) is 0 Å². The van der Waals surface area contributed by atoms with Crippen LogP contribution in [0.15, 0.2) is 47.5 Å². The molecule has 1 aliphatic carbocycles. The highest BCUT2D eigenvalue weighted by molar-refractivity contribution is 5.84. The summed E-state index contributed by atoms with van der Waals surface area (Å²) in [5.74, 6) is -0.717. The molecule has 1 amide bonds. The largest absolute Gasteiger partial charge is 0.369 e. The van der Waals surface area contributed by atoms with Gasteiger partial charge in [0.2, 0.25) is 5.91 Å². The van der Waals surface area contributed by atoms with Gasteiger partial charge in [0.1, 0.15) is 5.82 Å². The lowest BCUT2D eigenvalue weighted by Gasteiger charge is -2.55. The summed E-state index contributed by atoms with van der Waals surface area (Å²) in [6.07, 6.45) is 6.79. The average molecular weight is 452 g/mol. The summed E-state index contributed by atoms with van der Waals surface area (Å²) >= 11 is 0. The number of carbonyl (C=O) groups is 1. The summed E-state index contributed by atoms with van der Waals surface area (Å²) < 4.78 is 14.0. The first-order valence-electron chi connectivity index (χ1n) is 11.7. The Bertz CT molecular complexity index is 1050. The standard InChI is InChI=1S/C26H34FN5O/c1-24(2,3)32-25(12-5-4-6-13-25)26(30-16-23(28)33)21-15-19(10-11-22(21)29-17-31-26)18-8-7-9-20(27)14-18/h7-11,14-15,17,30,32H,4-6,12-13,16H2,1-3H3,(H2,28,33)(H,29,31). The van der Waals surface area contributed by atoms with E-state index in [4.69, 9.17) is 10.7 Å². The van der Waals surface area contributed by atoms with Gasteiger partial charge in [-0.1, -0.05) is 37.5 Å². The second-order valence-electron chi connectivity index (χ2n) is 10.2. The lowest BCUT2D eigenvalue weighted by Crippen LogP contribution is -2.71. The van der Waals surface area contributed by atoms with Crippen molar-refractivity contribution in [2.75, 3.05) is 11.9 Å². The van der Waals surface area contributed by atoms with Crippen LogP contribution < -0.4 is 21.7 Å². The van der Waals surface area contributed by atoms with Crippen LogP contribution in [0.4, 0.5) is 10.1 Å². The number of nitrogens with one attached hydrogen (secondary N) is 3. The lowest BCUT2D eigenvalue weighted by molar-refractivity contribution is -0.117. The predicted molar refractivity (Wildman–Crippen MR) is 132 cm³/mol. The van der Waals surface area contributed by atoms with E-state index < -0.39 is 17.1 Å². The van der Waals surface area contributed by atoms with Gasteiger partial charge >= 0.3 is 0 Å². The molecular formula is C26H34FN5O. The third-order valence-electron chi connectivity index (χ3n) is 6.58. The predicted octanol–water partition coefficient (Wildman–Crippen LogP) is 4.27. The minimum Gasteiger partial charge on any atom is -0.369 e. The van der Waals surface area contributed by atoms with Crippen LogP contribution in [0.2, 0.25) is 0 Å². The minimum atomic E-state index is -0.917. The second-order valence-corrected chi connectivity index (χ2v) is 10.2. The van der Waals surface area contributed by atoms with E-state index in [1.807, 2.05) is 18.2 Å². The smallest absolute Gasteiger partial charge is 0.231 e. The van der Waals surface area contributed by atoms with E-state index in [0.717, 1.165) is 54.5 Å². The molecule has 1 unspecified atom stereocenters. The minimum absolute atomic E-state index is 0.00541. The molecule has 4 rings (SSSR count). The van der Waals surface area contributed by atoms with Gasteiger partial charge in [-0.3, -0.25) is 10.1 Å². The Kier molecular flexibility index (Phi) is 6.29. The van der Waals surface area contributed by atoms with E-state index in [1.165, 1.54) is 12.1 Å². The summed E-state index contributed by atoms with van der Waals surface area (Å²) in [6, 6.07) is 12.6. The Labute approximate surface area is 195 Å². The molecule has 1 fully saturated rings. The molecule has 2 aromatic carbocycles. The normalized spacial score (nSPS) is 21.8. The number of primary amides is 1. The number of amides is 1. The molecule has 1 heterocycles. The van der Waals surface area contributed by atoms with Crippen molar-refractivity contribution in [1.82, 2.24) is 10.6 Å². The highest BCUT2D eigenvalue weighted by Crippen LogP contribution is 2.49. The van der Waals surface area contributed by atoms with Crippen molar-refractivity contribution in [3.05, 3.63) is 53.8 Å². The summed E-state index contributed by atoms with van der Waals surface area (Å²) in [6.45, 7) is 6.45. The molecule has 5 N–H and O–H groups in total. The second kappa shape index (κ2) is 8.88. The van der Waals surface area contributed by atoms with Crippen LogP contribution >= 0.6 is 0 Å². The number of nitrogens with two attached hydrogens (primary N) is 1. The number of hydrogen-bond donors (Lipinski definition) is 4. The molecule has 2 aromatic rings. The first-order chi connectivity index (χ1) is 15.6. The van der Waals surface area contributed by atoms with E-state index in [0.29, 0.717) is 0 Å². The molecular weight excluding hydrogens is 417 g/mol. The molecule has 33 heavy (non-hydrogen) atoms. The van der Waals surface area contributed by atoms with Gasteiger partial charge in [0.05, 0.1) is 18.4 Å². The number of halogens is 1. The molecule has 1 atom stereocenters. The van der Waals surface area contributed by atoms with Crippen molar-refractivity contribution in [3.63, 3.8) is 0 Å². The molecule has 0 bridgehead atoms. The highest BCUT2D eigenvalue weighted by atomic mass is 19.1. The fourth-order valence-corrected chi connectivity index (χ4v) is 5.44. The van der Waals surface area contributed by atoms with Crippen LogP contribution in [0.25, 0.3) is 11.1 Å². The molecule has 2 aliphatic rings. The van der Waals surface area contributed by atoms with E-state index in [-0.39, 0.29) is 17.9 Å². The Balaban J connectivity index is 1.92. The van der Waals surface area contributed by atoms with Crippen molar-refractivity contribution >= 4 is 17.9 Å². The Morgan fingerprint density at radius 1 is 1.12 bits per heavy atom. The number of nitrogens with zero attached hydrogens (tertiary/aromatic N) is 1. The van der Waals surface area contributed by atoms with Gasteiger partial charge in [0, 0.05) is 16.8 Å². The van der Waals surface area contributed by atoms with Crippen molar-refractivity contribution in [1.29, 1.82) is 0 Å². The quantitative estimate of drug-likeness (QED) is 0.528. The van der Waals surface area contributed by atoms with Gasteiger partial charge in [0.15, 0.2) is 5.66 Å². The van der Waals surface area contributed by atoms with Gasteiger partial charge in [-0.25, -0.2) is 9.38 Å². The molecule has 1 aliphatic heterocycles. The van der Waals surface area contributed by atoms with Crippen LogP contribution in [-0.2, 0) is 10.5 Å².